The lowest BCUT2D eigenvalue weighted by molar-refractivity contribution is -0.160. The maximum atomic E-state index is 14.0. The van der Waals surface area contributed by atoms with Crippen molar-refractivity contribution in [3.63, 3.8) is 0 Å². The van der Waals surface area contributed by atoms with Crippen LogP contribution in [-0.2, 0) is 15.1 Å². The lowest BCUT2D eigenvalue weighted by atomic mass is 9.91. The SMILES string of the molecule is CCOC(=O)C(F)C(C)(O)c1ccc(OC(C)C)cc1. The molecule has 0 fully saturated rings. The van der Waals surface area contributed by atoms with Crippen molar-refractivity contribution < 1.29 is 23.8 Å². The van der Waals surface area contributed by atoms with Crippen LogP contribution in [0.25, 0.3) is 0 Å². The van der Waals surface area contributed by atoms with Gasteiger partial charge >= 0.3 is 5.97 Å². The molecule has 5 heteroatoms. The standard InChI is InChI=1S/C15H21FO4/c1-5-19-14(17)13(16)15(4,18)11-6-8-12(9-7-11)20-10(2)3/h6-10,13,18H,5H2,1-4H3. The van der Waals surface area contributed by atoms with Crippen molar-refractivity contribution in [1.29, 1.82) is 0 Å². The number of hydrogen-bond acceptors (Lipinski definition) is 4. The van der Waals surface area contributed by atoms with Crippen LogP contribution in [-0.4, -0.2) is 30.0 Å². The Labute approximate surface area is 118 Å². The fourth-order valence-electron chi connectivity index (χ4n) is 1.73. The van der Waals surface area contributed by atoms with Crippen molar-refractivity contribution in [2.45, 2.75) is 45.6 Å². The van der Waals surface area contributed by atoms with E-state index in [1.165, 1.54) is 19.1 Å². The minimum Gasteiger partial charge on any atom is -0.491 e. The van der Waals surface area contributed by atoms with E-state index in [-0.39, 0.29) is 18.3 Å². The number of ether oxygens (including phenoxy) is 2. The zero-order valence-electron chi connectivity index (χ0n) is 12.2. The summed E-state index contributed by atoms with van der Waals surface area (Å²) in [4.78, 5) is 11.4. The molecule has 2 atom stereocenters. The summed E-state index contributed by atoms with van der Waals surface area (Å²) in [5.41, 5.74) is -1.66. The van der Waals surface area contributed by atoms with E-state index in [1.807, 2.05) is 13.8 Å². The molecule has 0 radical (unpaired) electrons. The van der Waals surface area contributed by atoms with E-state index in [4.69, 9.17) is 4.74 Å². The van der Waals surface area contributed by atoms with E-state index in [9.17, 15) is 14.3 Å². The van der Waals surface area contributed by atoms with Crippen molar-refractivity contribution in [2.24, 2.45) is 0 Å². The summed E-state index contributed by atoms with van der Waals surface area (Å²) < 4.78 is 24.1. The third-order valence-corrected chi connectivity index (χ3v) is 2.80. The maximum Gasteiger partial charge on any atom is 0.344 e. The Morgan fingerprint density at radius 2 is 1.90 bits per heavy atom. The summed E-state index contributed by atoms with van der Waals surface area (Å²) >= 11 is 0. The molecule has 1 N–H and O–H groups in total. The van der Waals surface area contributed by atoms with E-state index in [0.717, 1.165) is 0 Å². The van der Waals surface area contributed by atoms with Crippen LogP contribution in [0.15, 0.2) is 24.3 Å². The summed E-state index contributed by atoms with van der Waals surface area (Å²) in [6, 6.07) is 6.32. The Kier molecular flexibility index (Phi) is 5.51. The number of aliphatic hydroxyl groups is 1. The van der Waals surface area contributed by atoms with Crippen LogP contribution in [0.3, 0.4) is 0 Å². The summed E-state index contributed by atoms with van der Waals surface area (Å²) in [5, 5.41) is 10.2. The number of carbonyl (C=O) groups is 1. The molecule has 0 aliphatic heterocycles. The Balaban J connectivity index is 2.89. The van der Waals surface area contributed by atoms with Gasteiger partial charge < -0.3 is 14.6 Å². The molecule has 4 nitrogen and oxygen atoms in total. The third kappa shape index (κ3) is 3.93. The number of esters is 1. The molecule has 1 aromatic carbocycles. The van der Waals surface area contributed by atoms with E-state index < -0.39 is 17.7 Å². The highest BCUT2D eigenvalue weighted by molar-refractivity contribution is 5.76. The highest BCUT2D eigenvalue weighted by Gasteiger charge is 2.40. The fourth-order valence-corrected chi connectivity index (χ4v) is 1.73. The molecule has 2 unspecified atom stereocenters. The molecular weight excluding hydrogens is 263 g/mol. The average Bonchev–Trinajstić information content (AvgIpc) is 2.38. The smallest absolute Gasteiger partial charge is 0.344 e. The molecule has 0 amide bonds. The number of rotatable bonds is 6. The van der Waals surface area contributed by atoms with Crippen molar-refractivity contribution in [3.8, 4) is 5.75 Å². The van der Waals surface area contributed by atoms with Crippen LogP contribution >= 0.6 is 0 Å². The normalized spacial score (nSPS) is 15.6. The predicted molar refractivity (Wildman–Crippen MR) is 73.3 cm³/mol. The van der Waals surface area contributed by atoms with Crippen molar-refractivity contribution in [2.75, 3.05) is 6.61 Å². The summed E-state index contributed by atoms with van der Waals surface area (Å²) in [6.07, 6.45) is -2.12. The average molecular weight is 284 g/mol. The van der Waals surface area contributed by atoms with Gasteiger partial charge in [0, 0.05) is 0 Å². The molecule has 0 bridgehead atoms. The number of halogens is 1. The Morgan fingerprint density at radius 3 is 2.35 bits per heavy atom. The highest BCUT2D eigenvalue weighted by Crippen LogP contribution is 2.29. The molecule has 0 aromatic heterocycles. The van der Waals surface area contributed by atoms with Gasteiger partial charge in [-0.1, -0.05) is 12.1 Å². The number of carbonyl (C=O) groups excluding carboxylic acids is 1. The Hall–Kier alpha value is -1.62. The van der Waals surface area contributed by atoms with E-state index in [0.29, 0.717) is 5.75 Å². The zero-order chi connectivity index (χ0) is 15.3. The van der Waals surface area contributed by atoms with Gasteiger partial charge in [-0.05, 0) is 45.4 Å². The first-order valence-electron chi connectivity index (χ1n) is 6.59. The topological polar surface area (TPSA) is 55.8 Å². The van der Waals surface area contributed by atoms with Gasteiger partial charge in [0.1, 0.15) is 11.4 Å². The van der Waals surface area contributed by atoms with E-state index in [1.54, 1.807) is 19.1 Å². The predicted octanol–water partition coefficient (Wildman–Crippen LogP) is 2.58. The molecule has 0 saturated carbocycles. The second-order valence-corrected chi connectivity index (χ2v) is 4.95. The minimum absolute atomic E-state index is 0.0230. The molecular formula is C15H21FO4. The molecule has 0 heterocycles. The van der Waals surface area contributed by atoms with Gasteiger partial charge in [0.05, 0.1) is 12.7 Å². The summed E-state index contributed by atoms with van der Waals surface area (Å²) in [6.45, 7) is 6.67. The second-order valence-electron chi connectivity index (χ2n) is 4.95. The van der Waals surface area contributed by atoms with Gasteiger partial charge in [0.2, 0.25) is 6.17 Å². The van der Waals surface area contributed by atoms with Gasteiger partial charge in [0.25, 0.3) is 0 Å². The number of benzene rings is 1. The van der Waals surface area contributed by atoms with Crippen LogP contribution in [0, 0.1) is 0 Å². The lowest BCUT2D eigenvalue weighted by Crippen LogP contribution is -2.40. The first-order valence-corrected chi connectivity index (χ1v) is 6.59. The van der Waals surface area contributed by atoms with E-state index >= 15 is 0 Å². The van der Waals surface area contributed by atoms with E-state index in [2.05, 4.69) is 4.74 Å². The summed E-state index contributed by atoms with van der Waals surface area (Å²) in [5.74, 6) is -0.453. The van der Waals surface area contributed by atoms with Crippen molar-refractivity contribution in [3.05, 3.63) is 29.8 Å². The second kappa shape index (κ2) is 6.70. The monoisotopic (exact) mass is 284 g/mol. The fraction of sp³-hybridized carbons (Fsp3) is 0.533. The highest BCUT2D eigenvalue weighted by atomic mass is 19.1. The zero-order valence-corrected chi connectivity index (χ0v) is 12.2. The number of alkyl halides is 1. The molecule has 1 rings (SSSR count). The number of hydrogen-bond donors (Lipinski definition) is 1. The van der Waals surface area contributed by atoms with Gasteiger partial charge in [-0.15, -0.1) is 0 Å². The summed E-state index contributed by atoms with van der Waals surface area (Å²) in [7, 11) is 0. The molecule has 0 aliphatic carbocycles. The Bertz CT molecular complexity index is 440. The van der Waals surface area contributed by atoms with Crippen LogP contribution in [0.4, 0.5) is 4.39 Å². The van der Waals surface area contributed by atoms with Crippen LogP contribution < -0.4 is 4.74 Å². The molecule has 0 aliphatic rings. The third-order valence-electron chi connectivity index (χ3n) is 2.80. The molecule has 1 aromatic rings. The van der Waals surface area contributed by atoms with Gasteiger partial charge in [-0.25, -0.2) is 9.18 Å². The molecule has 0 saturated heterocycles. The molecule has 112 valence electrons. The van der Waals surface area contributed by atoms with Crippen molar-refractivity contribution in [1.82, 2.24) is 0 Å². The molecule has 20 heavy (non-hydrogen) atoms. The van der Waals surface area contributed by atoms with Crippen LogP contribution in [0.5, 0.6) is 5.75 Å². The maximum absolute atomic E-state index is 14.0. The first kappa shape index (κ1) is 16.4. The first-order chi connectivity index (χ1) is 9.28. The van der Waals surface area contributed by atoms with Crippen LogP contribution in [0.1, 0.15) is 33.3 Å². The lowest BCUT2D eigenvalue weighted by Gasteiger charge is -2.26. The van der Waals surface area contributed by atoms with Crippen molar-refractivity contribution >= 4 is 5.97 Å². The quantitative estimate of drug-likeness (QED) is 0.816. The largest absolute Gasteiger partial charge is 0.491 e. The van der Waals surface area contributed by atoms with Crippen LogP contribution in [0.2, 0.25) is 0 Å². The van der Waals surface area contributed by atoms with Gasteiger partial charge in [-0.2, -0.15) is 0 Å². The molecule has 0 spiro atoms. The Morgan fingerprint density at radius 1 is 1.35 bits per heavy atom. The minimum atomic E-state index is -2.14. The van der Waals surface area contributed by atoms with Gasteiger partial charge in [0.15, 0.2) is 0 Å². The van der Waals surface area contributed by atoms with Gasteiger partial charge in [-0.3, -0.25) is 0 Å².